The number of aromatic nitrogens is 3. The third-order valence-corrected chi connectivity index (χ3v) is 6.42. The SMILES string of the molecule is Cc1[nH]c2c(-c3cc(F)ccc3OCC3CC3)ncnc2c1C(=O)N[C@@H]1CN(C(=O)CO)C[C@H]1F. The molecule has 0 unspecified atom stereocenters. The molecule has 0 spiro atoms. The van der Waals surface area contributed by atoms with Gasteiger partial charge in [-0.3, -0.25) is 9.59 Å². The lowest BCUT2D eigenvalue weighted by atomic mass is 10.1. The van der Waals surface area contributed by atoms with E-state index >= 15 is 0 Å². The maximum atomic E-state index is 14.5. The molecule has 3 N–H and O–H groups in total. The van der Waals surface area contributed by atoms with E-state index in [4.69, 9.17) is 9.84 Å². The zero-order valence-corrected chi connectivity index (χ0v) is 19.1. The van der Waals surface area contributed by atoms with Crippen LogP contribution < -0.4 is 10.1 Å². The second kappa shape index (κ2) is 9.21. The summed E-state index contributed by atoms with van der Waals surface area (Å²) < 4.78 is 34.6. The van der Waals surface area contributed by atoms with Gasteiger partial charge in [0.05, 0.1) is 30.3 Å². The van der Waals surface area contributed by atoms with Crippen molar-refractivity contribution < 1.29 is 28.2 Å². The Morgan fingerprint density at radius 1 is 1.29 bits per heavy atom. The van der Waals surface area contributed by atoms with E-state index in [0.717, 1.165) is 12.8 Å². The molecule has 9 nitrogen and oxygen atoms in total. The van der Waals surface area contributed by atoms with E-state index in [2.05, 4.69) is 20.3 Å². The molecule has 3 heterocycles. The van der Waals surface area contributed by atoms with Crippen LogP contribution in [0.15, 0.2) is 24.5 Å². The highest BCUT2D eigenvalue weighted by Crippen LogP contribution is 2.36. The van der Waals surface area contributed by atoms with Gasteiger partial charge < -0.3 is 25.0 Å². The van der Waals surface area contributed by atoms with Crippen LogP contribution >= 0.6 is 0 Å². The largest absolute Gasteiger partial charge is 0.493 e. The van der Waals surface area contributed by atoms with E-state index in [1.54, 1.807) is 13.0 Å². The van der Waals surface area contributed by atoms with Crippen LogP contribution in [0.2, 0.25) is 0 Å². The number of nitrogens with one attached hydrogen (secondary N) is 2. The fourth-order valence-electron chi connectivity index (χ4n) is 4.35. The van der Waals surface area contributed by atoms with Crippen LogP contribution in [0.4, 0.5) is 8.78 Å². The van der Waals surface area contributed by atoms with Crippen molar-refractivity contribution in [3.8, 4) is 17.0 Å². The number of hydrogen-bond acceptors (Lipinski definition) is 6. The lowest BCUT2D eigenvalue weighted by Gasteiger charge is -2.15. The third kappa shape index (κ3) is 4.55. The Balaban J connectivity index is 1.46. The molecule has 2 atom stereocenters. The van der Waals surface area contributed by atoms with Gasteiger partial charge in [-0.2, -0.15) is 0 Å². The normalized spacial score (nSPS) is 19.8. The zero-order valence-electron chi connectivity index (χ0n) is 19.1. The van der Waals surface area contributed by atoms with Gasteiger partial charge in [0.1, 0.15) is 41.9 Å². The Morgan fingerprint density at radius 2 is 2.09 bits per heavy atom. The number of aryl methyl sites for hydroxylation is 1. The number of benzene rings is 1. The van der Waals surface area contributed by atoms with Crippen LogP contribution in [-0.2, 0) is 4.79 Å². The molecule has 2 amide bonds. The average Bonchev–Trinajstić information content (AvgIpc) is 3.51. The van der Waals surface area contributed by atoms with Crippen molar-refractivity contribution in [3.05, 3.63) is 41.6 Å². The number of aromatic amines is 1. The molecule has 0 radical (unpaired) electrons. The number of H-pyrrole nitrogens is 1. The fraction of sp³-hybridized carbons (Fsp3) is 0.417. The van der Waals surface area contributed by atoms with Crippen molar-refractivity contribution in [2.75, 3.05) is 26.3 Å². The van der Waals surface area contributed by atoms with E-state index in [-0.39, 0.29) is 18.7 Å². The highest BCUT2D eigenvalue weighted by Gasteiger charge is 2.37. The number of hydrogen-bond donors (Lipinski definition) is 3. The number of ether oxygens (including phenoxy) is 1. The van der Waals surface area contributed by atoms with Gasteiger partial charge in [0.2, 0.25) is 5.91 Å². The smallest absolute Gasteiger partial charge is 0.255 e. The zero-order chi connectivity index (χ0) is 24.7. The number of nitrogens with zero attached hydrogens (tertiary/aromatic N) is 3. The van der Waals surface area contributed by atoms with Crippen molar-refractivity contribution in [2.45, 2.75) is 32.0 Å². The summed E-state index contributed by atoms with van der Waals surface area (Å²) >= 11 is 0. The first kappa shape index (κ1) is 23.2. The van der Waals surface area contributed by atoms with Crippen LogP contribution in [0.25, 0.3) is 22.3 Å². The summed E-state index contributed by atoms with van der Waals surface area (Å²) in [6.45, 7) is 1.25. The second-order valence-corrected chi connectivity index (χ2v) is 9.02. The Hall–Kier alpha value is -3.60. The minimum Gasteiger partial charge on any atom is -0.493 e. The standard InChI is InChI=1S/C24H25F2N5O4/c1-12-20(24(34)30-17-8-31(7-16(17)26)19(33)9-32)22-23(29-12)21(27-11-28-22)15-6-14(25)4-5-18(15)35-10-13-2-3-13/h4-6,11,13,16-17,29,32H,2-3,7-10H2,1H3,(H,30,34)/t16-,17-/m1/s1. The van der Waals surface area contributed by atoms with E-state index < -0.39 is 36.5 Å². The van der Waals surface area contributed by atoms with Crippen LogP contribution in [-0.4, -0.2) is 75.3 Å². The molecule has 2 aliphatic rings. The number of alkyl halides is 1. The summed E-state index contributed by atoms with van der Waals surface area (Å²) in [5, 5.41) is 11.7. The lowest BCUT2D eigenvalue weighted by Crippen LogP contribution is -2.42. The van der Waals surface area contributed by atoms with Gasteiger partial charge in [-0.15, -0.1) is 0 Å². The molecule has 35 heavy (non-hydrogen) atoms. The molecule has 2 fully saturated rings. The number of likely N-dealkylation sites (tertiary alicyclic amines) is 1. The maximum Gasteiger partial charge on any atom is 0.255 e. The highest BCUT2D eigenvalue weighted by molar-refractivity contribution is 6.09. The summed E-state index contributed by atoms with van der Waals surface area (Å²) in [6, 6.07) is 3.29. The Morgan fingerprint density at radius 3 is 2.83 bits per heavy atom. The second-order valence-electron chi connectivity index (χ2n) is 9.02. The Bertz CT molecular complexity index is 1290. The molecule has 1 saturated carbocycles. The van der Waals surface area contributed by atoms with Gasteiger partial charge in [-0.05, 0) is 43.9 Å². The number of aliphatic hydroxyl groups is 1. The molecule has 1 aromatic carbocycles. The highest BCUT2D eigenvalue weighted by atomic mass is 19.1. The Kier molecular flexibility index (Phi) is 6.10. The number of amides is 2. The van der Waals surface area contributed by atoms with Gasteiger partial charge >= 0.3 is 0 Å². The van der Waals surface area contributed by atoms with Gasteiger partial charge in [0, 0.05) is 17.8 Å². The minimum absolute atomic E-state index is 0.0427. The molecule has 11 heteroatoms. The maximum absolute atomic E-state index is 14.5. The van der Waals surface area contributed by atoms with Gasteiger partial charge in [0.25, 0.3) is 5.91 Å². The molecule has 5 rings (SSSR count). The number of rotatable bonds is 7. The predicted molar refractivity (Wildman–Crippen MR) is 122 cm³/mol. The Labute approximate surface area is 199 Å². The van der Waals surface area contributed by atoms with Gasteiger partial charge in [-0.25, -0.2) is 18.7 Å². The van der Waals surface area contributed by atoms with E-state index in [9.17, 15) is 18.4 Å². The summed E-state index contributed by atoms with van der Waals surface area (Å²) in [6.07, 6.45) is 2.03. The molecule has 1 aliphatic heterocycles. The van der Waals surface area contributed by atoms with Crippen molar-refractivity contribution in [1.29, 1.82) is 0 Å². The monoisotopic (exact) mass is 485 g/mol. The van der Waals surface area contributed by atoms with Crippen LogP contribution in [0.1, 0.15) is 28.9 Å². The summed E-state index contributed by atoms with van der Waals surface area (Å²) in [5.41, 5.74) is 2.24. The van der Waals surface area contributed by atoms with Crippen molar-refractivity contribution in [1.82, 2.24) is 25.2 Å². The molecule has 1 saturated heterocycles. The first-order valence-corrected chi connectivity index (χ1v) is 11.4. The summed E-state index contributed by atoms with van der Waals surface area (Å²) in [5.74, 6) is -0.631. The van der Waals surface area contributed by atoms with E-state index in [0.29, 0.717) is 46.3 Å². The quantitative estimate of drug-likeness (QED) is 0.472. The van der Waals surface area contributed by atoms with Crippen molar-refractivity contribution in [2.24, 2.45) is 5.92 Å². The third-order valence-electron chi connectivity index (χ3n) is 6.42. The number of carbonyl (C=O) groups is 2. The lowest BCUT2D eigenvalue weighted by molar-refractivity contribution is -0.133. The summed E-state index contributed by atoms with van der Waals surface area (Å²) in [7, 11) is 0. The first-order chi connectivity index (χ1) is 16.9. The van der Waals surface area contributed by atoms with Gasteiger partial charge in [-0.1, -0.05) is 0 Å². The van der Waals surface area contributed by atoms with Crippen molar-refractivity contribution >= 4 is 22.8 Å². The van der Waals surface area contributed by atoms with Crippen LogP contribution in [0, 0.1) is 18.7 Å². The molecule has 1 aliphatic carbocycles. The molecular formula is C24H25F2N5O4. The van der Waals surface area contributed by atoms with Crippen LogP contribution in [0.5, 0.6) is 5.75 Å². The van der Waals surface area contributed by atoms with E-state index in [1.807, 2.05) is 0 Å². The predicted octanol–water partition coefficient (Wildman–Crippen LogP) is 2.13. The number of carbonyl (C=O) groups excluding carboxylic acids is 2. The molecular weight excluding hydrogens is 460 g/mol. The van der Waals surface area contributed by atoms with Gasteiger partial charge in [0.15, 0.2) is 0 Å². The topological polar surface area (TPSA) is 120 Å². The first-order valence-electron chi connectivity index (χ1n) is 11.4. The number of aliphatic hydroxyl groups excluding tert-OH is 1. The van der Waals surface area contributed by atoms with Crippen molar-refractivity contribution in [3.63, 3.8) is 0 Å². The molecule has 3 aromatic rings. The summed E-state index contributed by atoms with van der Waals surface area (Å²) in [4.78, 5) is 37.7. The molecule has 2 aromatic heterocycles. The molecule has 184 valence electrons. The fourth-order valence-corrected chi connectivity index (χ4v) is 4.35. The van der Waals surface area contributed by atoms with Crippen LogP contribution in [0.3, 0.4) is 0 Å². The number of halogens is 2. The average molecular weight is 485 g/mol. The minimum atomic E-state index is -1.47. The van der Waals surface area contributed by atoms with E-state index in [1.165, 1.54) is 23.4 Å². The number of fused-ring (bicyclic) bond motifs is 1. The molecule has 0 bridgehead atoms.